The molecule has 2 heterocycles. The maximum absolute atomic E-state index is 13.0. The highest BCUT2D eigenvalue weighted by Crippen LogP contribution is 2.33. The number of benzene rings is 2. The van der Waals surface area contributed by atoms with Gasteiger partial charge in [0.15, 0.2) is 0 Å². The molecule has 170 valence electrons. The highest BCUT2D eigenvalue weighted by atomic mass is 35.5. The first-order chi connectivity index (χ1) is 15.5. The quantitative estimate of drug-likeness (QED) is 0.516. The fourth-order valence-electron chi connectivity index (χ4n) is 4.42. The molecule has 0 aliphatic carbocycles. The lowest BCUT2D eigenvalue weighted by Crippen LogP contribution is -2.46. The number of nitrogens with one attached hydrogen (secondary N) is 1. The van der Waals surface area contributed by atoms with Gasteiger partial charge >= 0.3 is 0 Å². The Kier molecular flexibility index (Phi) is 6.81. The first kappa shape index (κ1) is 22.4. The number of likely N-dealkylation sites (N-methyl/N-ethyl adjacent to an activating group) is 1. The number of hydrogen-bond acceptors (Lipinski definition) is 6. The minimum absolute atomic E-state index is 0.0402. The summed E-state index contributed by atoms with van der Waals surface area (Å²) in [7, 11) is 0. The van der Waals surface area contributed by atoms with Gasteiger partial charge in [0.05, 0.1) is 16.3 Å². The van der Waals surface area contributed by atoms with E-state index in [1.165, 1.54) is 6.07 Å². The number of piperazine rings is 1. The summed E-state index contributed by atoms with van der Waals surface area (Å²) in [5.41, 5.74) is 2.30. The minimum Gasteiger partial charge on any atom is -0.367 e. The zero-order valence-electron chi connectivity index (χ0n) is 18.2. The number of rotatable bonds is 6. The third-order valence-electron chi connectivity index (χ3n) is 6.25. The van der Waals surface area contributed by atoms with E-state index in [4.69, 9.17) is 11.6 Å². The molecule has 0 bridgehead atoms. The molecule has 2 aromatic carbocycles. The number of nitrogens with zero attached hydrogens (tertiary/aromatic N) is 4. The highest BCUT2D eigenvalue weighted by Gasteiger charge is 2.25. The molecule has 1 N–H and O–H groups in total. The van der Waals surface area contributed by atoms with Crippen LogP contribution in [0, 0.1) is 10.1 Å². The largest absolute Gasteiger partial charge is 0.367 e. The van der Waals surface area contributed by atoms with Crippen molar-refractivity contribution in [3.05, 3.63) is 57.1 Å². The van der Waals surface area contributed by atoms with Crippen LogP contribution >= 0.6 is 11.6 Å². The van der Waals surface area contributed by atoms with E-state index in [0.29, 0.717) is 16.4 Å². The van der Waals surface area contributed by atoms with E-state index in [9.17, 15) is 14.9 Å². The average molecular weight is 458 g/mol. The highest BCUT2D eigenvalue weighted by molar-refractivity contribution is 6.31. The number of nitro benzene ring substituents is 1. The third-order valence-corrected chi connectivity index (χ3v) is 6.48. The SMILES string of the molecule is CCN1CCN(c2ccc(Cl)cc2NC(=O)c2ccc(N3CCCC3)c([N+](=O)[O-])c2)CC1. The molecule has 0 radical (unpaired) electrons. The second-order valence-corrected chi connectivity index (χ2v) is 8.63. The molecule has 0 aromatic heterocycles. The number of anilines is 3. The maximum Gasteiger partial charge on any atom is 0.293 e. The van der Waals surface area contributed by atoms with E-state index in [1.54, 1.807) is 18.2 Å². The molecule has 2 aromatic rings. The fourth-order valence-corrected chi connectivity index (χ4v) is 4.59. The van der Waals surface area contributed by atoms with E-state index in [-0.39, 0.29) is 11.3 Å². The second kappa shape index (κ2) is 9.75. The summed E-state index contributed by atoms with van der Waals surface area (Å²) in [4.78, 5) is 30.9. The fraction of sp³-hybridized carbons (Fsp3) is 0.435. The maximum atomic E-state index is 13.0. The van der Waals surface area contributed by atoms with E-state index in [1.807, 2.05) is 17.0 Å². The van der Waals surface area contributed by atoms with E-state index in [2.05, 4.69) is 22.0 Å². The predicted octanol–water partition coefficient (Wildman–Crippen LogP) is 4.24. The van der Waals surface area contributed by atoms with Crippen molar-refractivity contribution in [3.8, 4) is 0 Å². The molecule has 2 aliphatic heterocycles. The second-order valence-electron chi connectivity index (χ2n) is 8.19. The van der Waals surface area contributed by atoms with Crippen molar-refractivity contribution < 1.29 is 9.72 Å². The van der Waals surface area contributed by atoms with Crippen LogP contribution in [0.3, 0.4) is 0 Å². The number of hydrogen-bond donors (Lipinski definition) is 1. The molecule has 1 amide bonds. The van der Waals surface area contributed by atoms with Gasteiger partial charge in [-0.1, -0.05) is 18.5 Å². The zero-order valence-corrected chi connectivity index (χ0v) is 19.0. The lowest BCUT2D eigenvalue weighted by Gasteiger charge is -2.36. The lowest BCUT2D eigenvalue weighted by molar-refractivity contribution is -0.384. The predicted molar refractivity (Wildman–Crippen MR) is 128 cm³/mol. The molecule has 4 rings (SSSR count). The Morgan fingerprint density at radius 2 is 1.66 bits per heavy atom. The summed E-state index contributed by atoms with van der Waals surface area (Å²) < 4.78 is 0. The van der Waals surface area contributed by atoms with Crippen LogP contribution in [0.15, 0.2) is 36.4 Å². The molecule has 0 atom stereocenters. The number of nitro groups is 1. The van der Waals surface area contributed by atoms with Gasteiger partial charge in [0.2, 0.25) is 0 Å². The molecular formula is C23H28ClN5O3. The number of amides is 1. The molecule has 0 spiro atoms. The van der Waals surface area contributed by atoms with Gasteiger partial charge in [-0.2, -0.15) is 0 Å². The summed E-state index contributed by atoms with van der Waals surface area (Å²) in [6.45, 7) is 8.38. The summed E-state index contributed by atoms with van der Waals surface area (Å²) in [5, 5.41) is 15.1. The number of halogens is 1. The van der Waals surface area contributed by atoms with Gasteiger partial charge in [0.1, 0.15) is 5.69 Å². The summed E-state index contributed by atoms with van der Waals surface area (Å²) in [6, 6.07) is 10.2. The molecule has 9 heteroatoms. The molecule has 32 heavy (non-hydrogen) atoms. The van der Waals surface area contributed by atoms with Crippen molar-refractivity contribution in [2.45, 2.75) is 19.8 Å². The van der Waals surface area contributed by atoms with Crippen LogP contribution in [-0.2, 0) is 0 Å². The van der Waals surface area contributed by atoms with E-state index >= 15 is 0 Å². The van der Waals surface area contributed by atoms with Crippen molar-refractivity contribution in [2.24, 2.45) is 0 Å². The first-order valence-electron chi connectivity index (χ1n) is 11.1. The number of carbonyl (C=O) groups is 1. The monoisotopic (exact) mass is 457 g/mol. The molecular weight excluding hydrogens is 430 g/mol. The van der Waals surface area contributed by atoms with Crippen molar-refractivity contribution in [1.82, 2.24) is 4.90 Å². The van der Waals surface area contributed by atoms with Gasteiger partial charge in [0.25, 0.3) is 11.6 Å². The van der Waals surface area contributed by atoms with E-state index < -0.39 is 10.8 Å². The molecule has 8 nitrogen and oxygen atoms in total. The van der Waals surface area contributed by atoms with E-state index in [0.717, 1.165) is 64.3 Å². The Morgan fingerprint density at radius 3 is 2.31 bits per heavy atom. The Hall–Kier alpha value is -2.84. The molecule has 2 saturated heterocycles. The van der Waals surface area contributed by atoms with Crippen LogP contribution in [0.1, 0.15) is 30.1 Å². The summed E-state index contributed by atoms with van der Waals surface area (Å²) in [5.74, 6) is -0.392. The minimum atomic E-state index is -0.414. The van der Waals surface area contributed by atoms with Gasteiger partial charge < -0.3 is 20.0 Å². The number of carbonyl (C=O) groups excluding carboxylic acids is 1. The normalized spacial score (nSPS) is 16.9. The van der Waals surface area contributed by atoms with Gasteiger partial charge in [-0.15, -0.1) is 0 Å². The Morgan fingerprint density at radius 1 is 1.00 bits per heavy atom. The van der Waals surface area contributed by atoms with Crippen molar-refractivity contribution in [1.29, 1.82) is 0 Å². The summed E-state index contributed by atoms with van der Waals surface area (Å²) >= 11 is 6.22. The standard InChI is InChI=1S/C23H28ClN5O3/c1-2-26-11-13-28(14-12-26)20-8-6-18(24)16-19(20)25-23(30)17-5-7-21(22(15-17)29(31)32)27-9-3-4-10-27/h5-8,15-16H,2-4,9-14H2,1H3,(H,25,30). The average Bonchev–Trinajstić information content (AvgIpc) is 3.34. The Bertz CT molecular complexity index is 1000. The molecule has 0 unspecified atom stereocenters. The molecule has 2 aliphatic rings. The van der Waals surface area contributed by atoms with Crippen molar-refractivity contribution >= 4 is 40.3 Å². The van der Waals surface area contributed by atoms with Crippen LogP contribution in [0.4, 0.5) is 22.7 Å². The Balaban J connectivity index is 1.57. The third kappa shape index (κ3) is 4.81. The molecule has 0 saturated carbocycles. The molecule has 2 fully saturated rings. The lowest BCUT2D eigenvalue weighted by atomic mass is 10.1. The zero-order chi connectivity index (χ0) is 22.7. The topological polar surface area (TPSA) is 82.0 Å². The van der Waals surface area contributed by atoms with Gasteiger partial charge in [-0.05, 0) is 49.7 Å². The van der Waals surface area contributed by atoms with Gasteiger partial charge in [-0.25, -0.2) is 0 Å². The van der Waals surface area contributed by atoms with Crippen LogP contribution in [-0.4, -0.2) is 61.5 Å². The van der Waals surface area contributed by atoms with Crippen LogP contribution in [0.2, 0.25) is 5.02 Å². The van der Waals surface area contributed by atoms with Crippen molar-refractivity contribution in [2.75, 3.05) is 60.9 Å². The van der Waals surface area contributed by atoms with Crippen LogP contribution in [0.25, 0.3) is 0 Å². The van der Waals surface area contributed by atoms with Gasteiger partial charge in [0, 0.05) is 55.9 Å². The van der Waals surface area contributed by atoms with Crippen molar-refractivity contribution in [3.63, 3.8) is 0 Å². The van der Waals surface area contributed by atoms with Crippen LogP contribution < -0.4 is 15.1 Å². The van der Waals surface area contributed by atoms with Gasteiger partial charge in [-0.3, -0.25) is 14.9 Å². The first-order valence-corrected chi connectivity index (χ1v) is 11.5. The Labute approximate surface area is 192 Å². The summed E-state index contributed by atoms with van der Waals surface area (Å²) in [6.07, 6.45) is 2.03. The smallest absolute Gasteiger partial charge is 0.293 e. The van der Waals surface area contributed by atoms with Crippen LogP contribution in [0.5, 0.6) is 0 Å².